The number of aliphatic carboxylic acids is 1. The van der Waals surface area contributed by atoms with Gasteiger partial charge in [-0.1, -0.05) is 0 Å². The van der Waals surface area contributed by atoms with Gasteiger partial charge in [-0.2, -0.15) is 6.42 Å². The number of carbonyl (C=O) groups excluding carboxylic acids is 1. The number of carbonyl (C=O) groups is 2. The van der Waals surface area contributed by atoms with Crippen molar-refractivity contribution in [2.24, 2.45) is 0 Å². The second-order valence-corrected chi connectivity index (χ2v) is 5.33. The van der Waals surface area contributed by atoms with Crippen LogP contribution >= 0.6 is 23.2 Å². The number of ether oxygens (including phenoxy) is 1. The van der Waals surface area contributed by atoms with Gasteiger partial charge in [-0.25, -0.2) is 4.79 Å². The van der Waals surface area contributed by atoms with E-state index in [1.807, 2.05) is 4.90 Å². The van der Waals surface area contributed by atoms with Gasteiger partial charge in [0, 0.05) is 30.5 Å². The summed E-state index contributed by atoms with van der Waals surface area (Å²) in [6, 6.07) is 5.70. The monoisotopic (exact) mass is 545 g/mol. The molecule has 0 aliphatic carbocycles. The van der Waals surface area contributed by atoms with Crippen LogP contribution in [0.5, 0.6) is 5.75 Å². The molecule has 2 N–H and O–H groups in total. The third-order valence-electron chi connectivity index (χ3n) is 3.00. The Balaban J connectivity index is 0.00000529. The molecule has 6 nitrogen and oxygen atoms in total. The summed E-state index contributed by atoms with van der Waals surface area (Å²) in [5.41, 5.74) is 0.903. The molecule has 1 aromatic carbocycles. The van der Waals surface area contributed by atoms with E-state index in [2.05, 4.69) is 12.2 Å². The standard InChI is InChI=1S/C15H19Cl2N2O4.W/c1-2-13(14(20)21)18-15(22)23-12-5-3-11(4-6-12)19(9-7-16)10-8-17;/h3-6,13H,1-2,7-10H2,(H,18,22)(H,20,21);/q-1;+2. The van der Waals surface area contributed by atoms with E-state index < -0.39 is 18.1 Å². The zero-order valence-corrected chi connectivity index (χ0v) is 17.4. The third-order valence-corrected chi connectivity index (χ3v) is 3.34. The molecule has 1 atom stereocenters. The van der Waals surface area contributed by atoms with Crippen molar-refractivity contribution in [3.8, 4) is 5.75 Å². The number of nitrogens with zero attached hydrogens (tertiary/aromatic N) is 1. The van der Waals surface area contributed by atoms with Gasteiger partial charge in [-0.3, -0.25) is 4.79 Å². The smallest absolute Gasteiger partial charge is 0.480 e. The number of carboxylic acids is 1. The number of carboxylic acid groups (broad SMARTS) is 1. The fourth-order valence-electron chi connectivity index (χ4n) is 1.84. The Bertz CT molecular complexity index is 511. The molecule has 24 heavy (non-hydrogen) atoms. The van der Waals surface area contributed by atoms with Crippen LogP contribution in [0, 0.1) is 6.92 Å². The molecule has 0 fully saturated rings. The Kier molecular flexibility index (Phi) is 11.9. The Morgan fingerprint density at radius 1 is 1.21 bits per heavy atom. The van der Waals surface area contributed by atoms with Crippen molar-refractivity contribution in [2.75, 3.05) is 29.7 Å². The minimum atomic E-state index is -1.16. The predicted molar refractivity (Wildman–Crippen MR) is 90.7 cm³/mol. The van der Waals surface area contributed by atoms with Crippen molar-refractivity contribution in [2.45, 2.75) is 12.5 Å². The van der Waals surface area contributed by atoms with Gasteiger partial charge in [0.1, 0.15) is 11.8 Å². The number of hydrogen-bond donors (Lipinski definition) is 2. The van der Waals surface area contributed by atoms with Crippen LogP contribution < -0.4 is 15.0 Å². The maximum absolute atomic E-state index is 11.6. The van der Waals surface area contributed by atoms with E-state index in [0.29, 0.717) is 30.6 Å². The van der Waals surface area contributed by atoms with Crippen molar-refractivity contribution in [3.63, 3.8) is 0 Å². The summed E-state index contributed by atoms with van der Waals surface area (Å²) in [6.45, 7) is 4.76. The van der Waals surface area contributed by atoms with Gasteiger partial charge in [0.05, 0.1) is 0 Å². The van der Waals surface area contributed by atoms with Crippen LogP contribution in [0.1, 0.15) is 6.42 Å². The van der Waals surface area contributed by atoms with Gasteiger partial charge >= 0.3 is 33.1 Å². The van der Waals surface area contributed by atoms with Crippen LogP contribution in [-0.2, 0) is 25.9 Å². The molecule has 1 unspecified atom stereocenters. The number of alkyl halides is 2. The molecule has 132 valence electrons. The summed E-state index contributed by atoms with van der Waals surface area (Å²) in [5, 5.41) is 11.1. The molecule has 0 aromatic heterocycles. The van der Waals surface area contributed by atoms with Crippen LogP contribution in [0.15, 0.2) is 24.3 Å². The van der Waals surface area contributed by atoms with Crippen molar-refractivity contribution < 1.29 is 40.5 Å². The summed E-state index contributed by atoms with van der Waals surface area (Å²) in [5.74, 6) is 0.0828. The average Bonchev–Trinajstić information content (AvgIpc) is 2.53. The van der Waals surface area contributed by atoms with Crippen molar-refractivity contribution in [1.82, 2.24) is 5.32 Å². The molecule has 1 amide bonds. The van der Waals surface area contributed by atoms with Crippen molar-refractivity contribution >= 4 is 41.0 Å². The molecule has 0 aliphatic heterocycles. The number of nitrogens with one attached hydrogen (secondary N) is 1. The maximum Gasteiger partial charge on any atom is 2.00 e. The molecule has 0 bridgehead atoms. The van der Waals surface area contributed by atoms with E-state index in [1.54, 1.807) is 24.3 Å². The van der Waals surface area contributed by atoms with E-state index in [4.69, 9.17) is 33.0 Å². The summed E-state index contributed by atoms with van der Waals surface area (Å²) in [4.78, 5) is 24.5. The van der Waals surface area contributed by atoms with Crippen LogP contribution in [0.3, 0.4) is 0 Å². The van der Waals surface area contributed by atoms with E-state index >= 15 is 0 Å². The summed E-state index contributed by atoms with van der Waals surface area (Å²) in [6.07, 6.45) is -0.818. The Morgan fingerprint density at radius 3 is 2.17 bits per heavy atom. The largest absolute Gasteiger partial charge is 2.00 e. The van der Waals surface area contributed by atoms with Crippen LogP contribution in [-0.4, -0.2) is 48.1 Å². The second kappa shape index (κ2) is 12.4. The Labute approximate surface area is 165 Å². The van der Waals surface area contributed by atoms with Crippen LogP contribution in [0.25, 0.3) is 0 Å². The van der Waals surface area contributed by atoms with Gasteiger partial charge in [0.2, 0.25) is 0 Å². The zero-order chi connectivity index (χ0) is 17.2. The molecule has 0 spiro atoms. The summed E-state index contributed by atoms with van der Waals surface area (Å²) >= 11 is 11.5. The third kappa shape index (κ3) is 7.73. The molecule has 0 saturated heterocycles. The molecule has 0 radical (unpaired) electrons. The molecule has 0 heterocycles. The molecular weight excluding hydrogens is 527 g/mol. The number of hydrogen-bond acceptors (Lipinski definition) is 4. The number of amides is 1. The van der Waals surface area contributed by atoms with E-state index in [0.717, 1.165) is 5.69 Å². The van der Waals surface area contributed by atoms with Crippen LogP contribution in [0.4, 0.5) is 10.5 Å². The topological polar surface area (TPSA) is 78.9 Å². The first-order valence-corrected chi connectivity index (χ1v) is 8.06. The minimum Gasteiger partial charge on any atom is -0.480 e. The number of benzene rings is 1. The second-order valence-electron chi connectivity index (χ2n) is 4.57. The van der Waals surface area contributed by atoms with E-state index in [-0.39, 0.29) is 27.5 Å². The fraction of sp³-hybridized carbons (Fsp3) is 0.400. The van der Waals surface area contributed by atoms with Gasteiger partial charge in [0.25, 0.3) is 0 Å². The number of rotatable bonds is 9. The Morgan fingerprint density at radius 2 is 1.75 bits per heavy atom. The van der Waals surface area contributed by atoms with Crippen molar-refractivity contribution in [3.05, 3.63) is 31.2 Å². The first-order valence-electron chi connectivity index (χ1n) is 6.99. The first kappa shape index (κ1) is 23.0. The van der Waals surface area contributed by atoms with Gasteiger partial charge in [-0.15, -0.1) is 23.2 Å². The molecular formula is C15H19Cl2N2O4W+. The van der Waals surface area contributed by atoms with Gasteiger partial charge in [-0.05, 0) is 24.3 Å². The quantitative estimate of drug-likeness (QED) is 0.368. The summed E-state index contributed by atoms with van der Waals surface area (Å²) in [7, 11) is 0. The van der Waals surface area contributed by atoms with Crippen LogP contribution in [0.2, 0.25) is 0 Å². The average molecular weight is 546 g/mol. The SMILES string of the molecule is [CH2-]CC(NC(=O)Oc1ccc(N(CCCl)CCCl)cc1)C(=O)O.[W+2]. The molecule has 9 heteroatoms. The summed E-state index contributed by atoms with van der Waals surface area (Å²) < 4.78 is 5.04. The molecule has 0 aliphatic rings. The normalized spacial score (nSPS) is 11.1. The Hall–Kier alpha value is -0.972. The van der Waals surface area contributed by atoms with E-state index in [9.17, 15) is 9.59 Å². The zero-order valence-electron chi connectivity index (χ0n) is 12.9. The molecule has 0 saturated carbocycles. The van der Waals surface area contributed by atoms with Crippen molar-refractivity contribution in [1.29, 1.82) is 0 Å². The van der Waals surface area contributed by atoms with E-state index in [1.165, 1.54) is 0 Å². The van der Waals surface area contributed by atoms with Gasteiger partial charge in [0.15, 0.2) is 0 Å². The minimum absolute atomic E-state index is 0. The molecule has 1 rings (SSSR count). The maximum atomic E-state index is 11.6. The number of anilines is 1. The predicted octanol–water partition coefficient (Wildman–Crippen LogP) is 2.73. The molecule has 1 aromatic rings. The fourth-order valence-corrected chi connectivity index (χ4v) is 2.24. The van der Waals surface area contributed by atoms with Gasteiger partial charge < -0.3 is 27.0 Å². The number of halogens is 2. The first-order chi connectivity index (χ1) is 11.0.